The number of aryl methyl sites for hydroxylation is 1. The highest BCUT2D eigenvalue weighted by Gasteiger charge is 2.16. The molecular weight excluding hydrogens is 316 g/mol. The van der Waals surface area contributed by atoms with Gasteiger partial charge in [0, 0.05) is 18.3 Å². The Balaban J connectivity index is 1.80. The lowest BCUT2D eigenvalue weighted by molar-refractivity contribution is 0.0995. The Hall–Kier alpha value is -3.41. The van der Waals surface area contributed by atoms with Crippen molar-refractivity contribution in [3.8, 4) is 11.1 Å². The van der Waals surface area contributed by atoms with Crippen LogP contribution in [0, 0.1) is 0 Å². The highest BCUT2D eigenvalue weighted by atomic mass is 16.2. The van der Waals surface area contributed by atoms with E-state index in [4.69, 9.17) is 5.73 Å². The summed E-state index contributed by atoms with van der Waals surface area (Å²) < 4.78 is 1.55. The van der Waals surface area contributed by atoms with Crippen molar-refractivity contribution in [2.45, 2.75) is 13.5 Å². The number of primary amides is 1. The Kier molecular flexibility index (Phi) is 4.61. The van der Waals surface area contributed by atoms with E-state index in [2.05, 4.69) is 10.4 Å². The fourth-order valence-corrected chi connectivity index (χ4v) is 2.50. The summed E-state index contributed by atoms with van der Waals surface area (Å²) in [7, 11) is 0. The van der Waals surface area contributed by atoms with Crippen LogP contribution in [0.25, 0.3) is 11.1 Å². The summed E-state index contributed by atoms with van der Waals surface area (Å²) >= 11 is 0. The van der Waals surface area contributed by atoms with E-state index in [0.29, 0.717) is 17.8 Å². The molecule has 0 unspecified atom stereocenters. The molecular formula is C19H18N4O2. The van der Waals surface area contributed by atoms with Gasteiger partial charge in [-0.2, -0.15) is 5.10 Å². The first kappa shape index (κ1) is 16.4. The van der Waals surface area contributed by atoms with Crippen LogP contribution in [0.3, 0.4) is 0 Å². The van der Waals surface area contributed by atoms with Crippen molar-refractivity contribution < 1.29 is 9.59 Å². The maximum Gasteiger partial charge on any atom is 0.271 e. The van der Waals surface area contributed by atoms with Crippen LogP contribution in [0.2, 0.25) is 0 Å². The van der Waals surface area contributed by atoms with Gasteiger partial charge in [0.1, 0.15) is 0 Å². The van der Waals surface area contributed by atoms with Crippen molar-refractivity contribution in [1.29, 1.82) is 0 Å². The number of carbonyl (C=O) groups is 2. The van der Waals surface area contributed by atoms with Gasteiger partial charge in [0.2, 0.25) is 0 Å². The lowest BCUT2D eigenvalue weighted by atomic mass is 10.0. The van der Waals surface area contributed by atoms with E-state index in [1.54, 1.807) is 23.0 Å². The molecule has 3 aromatic rings. The topological polar surface area (TPSA) is 90.0 Å². The molecule has 0 aliphatic rings. The molecule has 0 fully saturated rings. The van der Waals surface area contributed by atoms with Gasteiger partial charge in [-0.25, -0.2) is 0 Å². The van der Waals surface area contributed by atoms with Crippen LogP contribution in [0.5, 0.6) is 0 Å². The van der Waals surface area contributed by atoms with E-state index in [1.165, 1.54) is 0 Å². The third kappa shape index (κ3) is 3.58. The molecule has 0 saturated carbocycles. The molecule has 3 rings (SSSR count). The maximum atomic E-state index is 12.4. The molecule has 1 aromatic heterocycles. The van der Waals surface area contributed by atoms with Crippen LogP contribution in [0.1, 0.15) is 27.8 Å². The van der Waals surface area contributed by atoms with E-state index in [0.717, 1.165) is 11.1 Å². The molecule has 0 atom stereocenters. The van der Waals surface area contributed by atoms with Crippen molar-refractivity contribution in [1.82, 2.24) is 9.78 Å². The molecule has 0 saturated heterocycles. The predicted molar refractivity (Wildman–Crippen MR) is 96.3 cm³/mol. The average molecular weight is 334 g/mol. The number of amides is 2. The Bertz CT molecular complexity index is 899. The van der Waals surface area contributed by atoms with Crippen molar-refractivity contribution in [3.05, 3.63) is 72.1 Å². The van der Waals surface area contributed by atoms with Crippen LogP contribution in [0.4, 0.5) is 5.69 Å². The Morgan fingerprint density at radius 2 is 1.68 bits per heavy atom. The summed E-state index contributed by atoms with van der Waals surface area (Å²) in [5.74, 6) is -1.00. The summed E-state index contributed by atoms with van der Waals surface area (Å²) in [6, 6.07) is 17.2. The number of nitrogens with one attached hydrogen (secondary N) is 1. The zero-order chi connectivity index (χ0) is 17.8. The summed E-state index contributed by atoms with van der Waals surface area (Å²) in [4.78, 5) is 23.9. The number of nitrogens with zero attached hydrogens (tertiary/aromatic N) is 2. The second-order valence-electron chi connectivity index (χ2n) is 5.51. The average Bonchev–Trinajstić information content (AvgIpc) is 3.06. The van der Waals surface area contributed by atoms with Gasteiger partial charge in [0.25, 0.3) is 11.8 Å². The molecule has 2 amide bonds. The molecule has 25 heavy (non-hydrogen) atoms. The Morgan fingerprint density at radius 3 is 2.28 bits per heavy atom. The minimum atomic E-state index is -0.679. The van der Waals surface area contributed by atoms with Crippen molar-refractivity contribution in [2.75, 3.05) is 5.32 Å². The van der Waals surface area contributed by atoms with Crippen LogP contribution in [-0.2, 0) is 6.54 Å². The number of rotatable bonds is 5. The lowest BCUT2D eigenvalue weighted by Crippen LogP contribution is -2.17. The van der Waals surface area contributed by atoms with E-state index in [1.807, 2.05) is 49.4 Å². The fraction of sp³-hybridized carbons (Fsp3) is 0.105. The van der Waals surface area contributed by atoms with E-state index in [-0.39, 0.29) is 11.6 Å². The maximum absolute atomic E-state index is 12.4. The molecule has 6 heteroatoms. The van der Waals surface area contributed by atoms with E-state index in [9.17, 15) is 9.59 Å². The molecule has 6 nitrogen and oxygen atoms in total. The van der Waals surface area contributed by atoms with E-state index >= 15 is 0 Å². The number of hydrogen-bond donors (Lipinski definition) is 2. The van der Waals surface area contributed by atoms with E-state index < -0.39 is 5.91 Å². The summed E-state index contributed by atoms with van der Waals surface area (Å²) in [6.07, 6.45) is 1.59. The second-order valence-corrected chi connectivity index (χ2v) is 5.51. The number of hydrogen-bond acceptors (Lipinski definition) is 3. The third-order valence-electron chi connectivity index (χ3n) is 3.82. The van der Waals surface area contributed by atoms with Gasteiger partial charge in [-0.1, -0.05) is 42.5 Å². The first-order chi connectivity index (χ1) is 12.1. The minimum Gasteiger partial charge on any atom is -0.364 e. The molecule has 0 aliphatic heterocycles. The van der Waals surface area contributed by atoms with Crippen LogP contribution >= 0.6 is 0 Å². The number of benzene rings is 2. The quantitative estimate of drug-likeness (QED) is 0.751. The number of carbonyl (C=O) groups excluding carboxylic acids is 2. The molecule has 126 valence electrons. The summed E-state index contributed by atoms with van der Waals surface area (Å²) in [6.45, 7) is 2.45. The molecule has 0 radical (unpaired) electrons. The fourth-order valence-electron chi connectivity index (χ4n) is 2.50. The van der Waals surface area contributed by atoms with Crippen LogP contribution < -0.4 is 11.1 Å². The van der Waals surface area contributed by atoms with Gasteiger partial charge in [0.05, 0.1) is 5.69 Å². The molecule has 0 spiro atoms. The van der Waals surface area contributed by atoms with Crippen LogP contribution in [0.15, 0.2) is 60.8 Å². The van der Waals surface area contributed by atoms with Crippen molar-refractivity contribution in [2.24, 2.45) is 5.73 Å². The molecule has 2 aromatic carbocycles. The molecule has 0 aliphatic carbocycles. The zero-order valence-corrected chi connectivity index (χ0v) is 13.8. The van der Waals surface area contributed by atoms with Gasteiger partial charge in [-0.3, -0.25) is 14.3 Å². The third-order valence-corrected chi connectivity index (χ3v) is 3.82. The predicted octanol–water partition coefficient (Wildman–Crippen LogP) is 2.92. The second kappa shape index (κ2) is 7.00. The first-order valence-corrected chi connectivity index (χ1v) is 7.92. The normalized spacial score (nSPS) is 10.4. The number of nitrogens with two attached hydrogens (primary N) is 1. The SMILES string of the molecule is CCn1cc(NC(=O)c2ccc(-c3ccccc3)cc2)c(C(N)=O)n1. The first-order valence-electron chi connectivity index (χ1n) is 7.92. The highest BCUT2D eigenvalue weighted by molar-refractivity contribution is 6.08. The molecule has 3 N–H and O–H groups in total. The Labute approximate surface area is 145 Å². The molecule has 1 heterocycles. The largest absolute Gasteiger partial charge is 0.364 e. The van der Waals surface area contributed by atoms with Crippen molar-refractivity contribution >= 4 is 17.5 Å². The van der Waals surface area contributed by atoms with Gasteiger partial charge in [0.15, 0.2) is 5.69 Å². The van der Waals surface area contributed by atoms with Gasteiger partial charge in [-0.15, -0.1) is 0 Å². The Morgan fingerprint density at radius 1 is 1.04 bits per heavy atom. The number of aromatic nitrogens is 2. The number of anilines is 1. The summed E-state index contributed by atoms with van der Waals surface area (Å²) in [5, 5.41) is 6.76. The lowest BCUT2D eigenvalue weighted by Gasteiger charge is -2.06. The van der Waals surface area contributed by atoms with Crippen LogP contribution in [-0.4, -0.2) is 21.6 Å². The molecule has 0 bridgehead atoms. The standard InChI is InChI=1S/C19H18N4O2/c1-2-23-12-16(17(22-23)18(20)24)21-19(25)15-10-8-14(9-11-15)13-6-4-3-5-7-13/h3-12H,2H2,1H3,(H2,20,24)(H,21,25). The van der Waals surface area contributed by atoms with Crippen molar-refractivity contribution in [3.63, 3.8) is 0 Å². The monoisotopic (exact) mass is 334 g/mol. The highest BCUT2D eigenvalue weighted by Crippen LogP contribution is 2.20. The minimum absolute atomic E-state index is 0.0519. The zero-order valence-electron chi connectivity index (χ0n) is 13.8. The summed E-state index contributed by atoms with van der Waals surface area (Å²) in [5.41, 5.74) is 8.26. The van der Waals surface area contributed by atoms with Gasteiger partial charge < -0.3 is 11.1 Å². The van der Waals surface area contributed by atoms with Gasteiger partial charge in [-0.05, 0) is 30.2 Å². The van der Waals surface area contributed by atoms with Gasteiger partial charge >= 0.3 is 0 Å². The smallest absolute Gasteiger partial charge is 0.271 e.